The van der Waals surface area contributed by atoms with Gasteiger partial charge in [0.1, 0.15) is 11.5 Å². The lowest BCUT2D eigenvalue weighted by molar-refractivity contribution is 0.140. The molecule has 3 nitrogen and oxygen atoms in total. The minimum absolute atomic E-state index is 0.157. The number of nitrogens with two attached hydrogens (primary N) is 1. The van der Waals surface area contributed by atoms with Gasteiger partial charge in [-0.1, -0.05) is 0 Å². The van der Waals surface area contributed by atoms with Gasteiger partial charge in [0.15, 0.2) is 5.82 Å². The van der Waals surface area contributed by atoms with Gasteiger partial charge in [0.05, 0.1) is 12.5 Å². The zero-order valence-electron chi connectivity index (χ0n) is 6.97. The molecule has 0 spiro atoms. The fourth-order valence-electron chi connectivity index (χ4n) is 0.985. The molecule has 0 radical (unpaired) electrons. The van der Waals surface area contributed by atoms with Crippen molar-refractivity contribution >= 4 is 5.82 Å². The molecule has 1 heterocycles. The number of alkyl halides is 2. The smallest absolute Gasteiger partial charge is 0.283 e. The second-order valence-corrected chi connectivity index (χ2v) is 2.54. The number of hydrogen-bond acceptors (Lipinski definition) is 3. The lowest BCUT2D eigenvalue weighted by Crippen LogP contribution is -2.04. The molecule has 1 aromatic heterocycles. The minimum Gasteiger partial charge on any atom is -0.384 e. The Kier molecular flexibility index (Phi) is 2.92. The van der Waals surface area contributed by atoms with Gasteiger partial charge in [-0.15, -0.1) is 0 Å². The van der Waals surface area contributed by atoms with Crippen molar-refractivity contribution in [1.82, 2.24) is 4.98 Å². The van der Waals surface area contributed by atoms with E-state index < -0.39 is 17.9 Å². The largest absolute Gasteiger partial charge is 0.384 e. The SMILES string of the molecule is N#CCc1cc(N)nc(C(F)F)c1F. The van der Waals surface area contributed by atoms with E-state index in [2.05, 4.69) is 4.98 Å². The highest BCUT2D eigenvalue weighted by atomic mass is 19.3. The van der Waals surface area contributed by atoms with Crippen LogP contribution in [0.15, 0.2) is 6.07 Å². The molecule has 0 unspecified atom stereocenters. The predicted molar refractivity (Wildman–Crippen MR) is 42.9 cm³/mol. The number of pyridine rings is 1. The Balaban J connectivity index is 3.26. The van der Waals surface area contributed by atoms with Crippen molar-refractivity contribution in [2.24, 2.45) is 0 Å². The summed E-state index contributed by atoms with van der Waals surface area (Å²) in [6.45, 7) is 0. The van der Waals surface area contributed by atoms with E-state index in [1.54, 1.807) is 6.07 Å². The maximum Gasteiger partial charge on any atom is 0.283 e. The van der Waals surface area contributed by atoms with E-state index in [0.717, 1.165) is 6.07 Å². The summed E-state index contributed by atoms with van der Waals surface area (Å²) in [7, 11) is 0. The second kappa shape index (κ2) is 3.96. The van der Waals surface area contributed by atoms with Crippen LogP contribution in [-0.4, -0.2) is 4.98 Å². The van der Waals surface area contributed by atoms with Gasteiger partial charge < -0.3 is 5.73 Å². The molecule has 14 heavy (non-hydrogen) atoms. The number of nitrogens with zero attached hydrogens (tertiary/aromatic N) is 2. The molecule has 0 fully saturated rings. The number of aromatic nitrogens is 1. The first-order valence-corrected chi connectivity index (χ1v) is 3.66. The average molecular weight is 201 g/mol. The first-order chi connectivity index (χ1) is 6.56. The second-order valence-electron chi connectivity index (χ2n) is 2.54. The van der Waals surface area contributed by atoms with Crippen molar-refractivity contribution in [1.29, 1.82) is 5.26 Å². The highest BCUT2D eigenvalue weighted by Gasteiger charge is 2.19. The molecule has 0 aromatic carbocycles. The van der Waals surface area contributed by atoms with Crippen LogP contribution in [0.2, 0.25) is 0 Å². The first kappa shape index (κ1) is 10.3. The summed E-state index contributed by atoms with van der Waals surface area (Å²) in [4.78, 5) is 3.16. The summed E-state index contributed by atoms with van der Waals surface area (Å²) in [6.07, 6.45) is -3.34. The van der Waals surface area contributed by atoms with Gasteiger partial charge in [-0.3, -0.25) is 0 Å². The van der Waals surface area contributed by atoms with Gasteiger partial charge in [0.25, 0.3) is 6.43 Å². The Hall–Kier alpha value is -1.77. The molecule has 0 amide bonds. The first-order valence-electron chi connectivity index (χ1n) is 3.66. The monoisotopic (exact) mass is 201 g/mol. The Labute approximate surface area is 78.0 Å². The number of rotatable bonds is 2. The summed E-state index contributed by atoms with van der Waals surface area (Å²) in [5, 5.41) is 8.30. The molecule has 0 saturated heterocycles. The van der Waals surface area contributed by atoms with Gasteiger partial charge in [-0.25, -0.2) is 18.2 Å². The van der Waals surface area contributed by atoms with E-state index in [9.17, 15) is 13.2 Å². The third-order valence-electron chi connectivity index (χ3n) is 1.55. The molecule has 0 bridgehead atoms. The minimum atomic E-state index is -3.03. The quantitative estimate of drug-likeness (QED) is 0.793. The standard InChI is InChI=1S/C8H6F3N3/c9-6-4(1-2-12)3-5(13)14-7(6)8(10)11/h3,8H,1H2,(H2,13,14). The van der Waals surface area contributed by atoms with Crippen molar-refractivity contribution in [3.63, 3.8) is 0 Å². The lowest BCUT2D eigenvalue weighted by atomic mass is 10.1. The number of halogens is 3. The fraction of sp³-hybridized carbons (Fsp3) is 0.250. The molecular weight excluding hydrogens is 195 g/mol. The third kappa shape index (κ3) is 1.93. The van der Waals surface area contributed by atoms with Gasteiger partial charge in [0.2, 0.25) is 0 Å². The molecule has 0 aliphatic heterocycles. The summed E-state index contributed by atoms with van der Waals surface area (Å²) in [5.74, 6) is -1.37. The summed E-state index contributed by atoms with van der Waals surface area (Å²) >= 11 is 0. The summed E-state index contributed by atoms with van der Waals surface area (Å²) < 4.78 is 37.5. The van der Waals surface area contributed by atoms with E-state index >= 15 is 0 Å². The predicted octanol–water partition coefficient (Wildman–Crippen LogP) is 1.81. The Morgan fingerprint density at radius 1 is 1.57 bits per heavy atom. The highest BCUT2D eigenvalue weighted by Crippen LogP contribution is 2.23. The van der Waals surface area contributed by atoms with Crippen LogP contribution in [0, 0.1) is 17.1 Å². The van der Waals surface area contributed by atoms with Crippen LogP contribution in [-0.2, 0) is 6.42 Å². The summed E-state index contributed by atoms with van der Waals surface area (Å²) in [6, 6.07) is 2.72. The zero-order chi connectivity index (χ0) is 10.7. The number of nitrogen functional groups attached to an aromatic ring is 1. The maximum absolute atomic E-state index is 13.1. The van der Waals surface area contributed by atoms with E-state index in [1.807, 2.05) is 0 Å². The fourth-order valence-corrected chi connectivity index (χ4v) is 0.985. The van der Waals surface area contributed by atoms with Crippen molar-refractivity contribution in [3.8, 4) is 6.07 Å². The van der Waals surface area contributed by atoms with Crippen molar-refractivity contribution in [2.45, 2.75) is 12.8 Å². The van der Waals surface area contributed by atoms with E-state index in [0.29, 0.717) is 0 Å². The third-order valence-corrected chi connectivity index (χ3v) is 1.55. The van der Waals surface area contributed by atoms with Crippen LogP contribution in [0.4, 0.5) is 19.0 Å². The number of hydrogen-bond donors (Lipinski definition) is 1. The molecule has 0 saturated carbocycles. The van der Waals surface area contributed by atoms with Crippen LogP contribution in [0.25, 0.3) is 0 Å². The van der Waals surface area contributed by atoms with Gasteiger partial charge >= 0.3 is 0 Å². The lowest BCUT2D eigenvalue weighted by Gasteiger charge is -2.05. The number of nitriles is 1. The van der Waals surface area contributed by atoms with Gasteiger partial charge in [-0.05, 0) is 6.07 Å². The Bertz CT molecular complexity index is 384. The molecule has 0 aliphatic carbocycles. The van der Waals surface area contributed by atoms with Crippen LogP contribution in [0.5, 0.6) is 0 Å². The topological polar surface area (TPSA) is 62.7 Å². The molecule has 0 aliphatic rings. The van der Waals surface area contributed by atoms with Crippen LogP contribution in [0.3, 0.4) is 0 Å². The molecule has 6 heteroatoms. The molecular formula is C8H6F3N3. The zero-order valence-corrected chi connectivity index (χ0v) is 6.97. The molecule has 2 N–H and O–H groups in total. The van der Waals surface area contributed by atoms with Gasteiger partial charge in [0, 0.05) is 5.56 Å². The van der Waals surface area contributed by atoms with Gasteiger partial charge in [-0.2, -0.15) is 5.26 Å². The van der Waals surface area contributed by atoms with Crippen molar-refractivity contribution in [2.75, 3.05) is 5.73 Å². The van der Waals surface area contributed by atoms with Crippen molar-refractivity contribution in [3.05, 3.63) is 23.1 Å². The van der Waals surface area contributed by atoms with E-state index in [4.69, 9.17) is 11.0 Å². The maximum atomic E-state index is 13.1. The highest BCUT2D eigenvalue weighted by molar-refractivity contribution is 5.37. The Morgan fingerprint density at radius 3 is 2.71 bits per heavy atom. The normalized spacial score (nSPS) is 10.2. The molecule has 1 aromatic rings. The van der Waals surface area contributed by atoms with Crippen molar-refractivity contribution < 1.29 is 13.2 Å². The van der Waals surface area contributed by atoms with Crippen LogP contribution >= 0.6 is 0 Å². The molecule has 0 atom stereocenters. The van der Waals surface area contributed by atoms with Crippen LogP contribution in [0.1, 0.15) is 17.7 Å². The molecule has 74 valence electrons. The van der Waals surface area contributed by atoms with E-state index in [1.165, 1.54) is 0 Å². The molecule has 1 rings (SSSR count). The average Bonchev–Trinajstić information content (AvgIpc) is 2.10. The summed E-state index contributed by atoms with van der Waals surface area (Å²) in [5.41, 5.74) is 4.01. The Morgan fingerprint density at radius 2 is 2.21 bits per heavy atom. The van der Waals surface area contributed by atoms with E-state index in [-0.39, 0.29) is 17.8 Å². The number of anilines is 1. The van der Waals surface area contributed by atoms with Crippen LogP contribution < -0.4 is 5.73 Å².